The molecule has 8 nitrogen and oxygen atoms in total. The van der Waals surface area contributed by atoms with Crippen LogP contribution in [0, 0.1) is 0 Å². The first-order valence-corrected chi connectivity index (χ1v) is 15.2. The molecule has 3 atom stereocenters. The van der Waals surface area contributed by atoms with Gasteiger partial charge in [-0.25, -0.2) is 4.98 Å². The minimum absolute atomic E-state index is 0.108. The van der Waals surface area contributed by atoms with E-state index in [2.05, 4.69) is 26.1 Å². The smallest absolute Gasteiger partial charge is 0.315 e. The van der Waals surface area contributed by atoms with Crippen LogP contribution in [0.4, 0.5) is 5.13 Å². The number of esters is 1. The summed E-state index contributed by atoms with van der Waals surface area (Å²) in [6.07, 6.45) is 3.08. The van der Waals surface area contributed by atoms with Crippen LogP contribution in [0.1, 0.15) is 59.7 Å². The van der Waals surface area contributed by atoms with Crippen LogP contribution in [-0.2, 0) is 27.3 Å². The molecule has 2 aromatic carbocycles. The predicted molar refractivity (Wildman–Crippen MR) is 158 cm³/mol. The molecule has 40 heavy (non-hydrogen) atoms. The van der Waals surface area contributed by atoms with E-state index in [-0.39, 0.29) is 23.9 Å². The van der Waals surface area contributed by atoms with Gasteiger partial charge < -0.3 is 19.5 Å². The van der Waals surface area contributed by atoms with Gasteiger partial charge in [0.05, 0.1) is 25.8 Å². The minimum Gasteiger partial charge on any atom is -0.493 e. The Labute approximate surface area is 247 Å². The third-order valence-electron chi connectivity index (χ3n) is 7.62. The molecule has 0 spiro atoms. The topological polar surface area (TPSA) is 90.0 Å². The SMILES string of the molecule is COc1cc(Br)c(CN2CCC(OC(=O)C3CCCc4sc(NC(=O)C(C)c5ccccc5)nc43)C2)cc1OC. The monoisotopic (exact) mass is 627 g/mol. The number of likely N-dealkylation sites (tertiary alicyclic amines) is 1. The number of aryl methyl sites for hydroxylation is 1. The highest BCUT2D eigenvalue weighted by molar-refractivity contribution is 9.10. The summed E-state index contributed by atoms with van der Waals surface area (Å²) >= 11 is 5.10. The second kappa shape index (κ2) is 12.7. The Kier molecular flexibility index (Phi) is 9.07. The molecule has 5 rings (SSSR count). The number of fused-ring (bicyclic) bond motifs is 1. The number of nitrogens with one attached hydrogen (secondary N) is 1. The zero-order valence-corrected chi connectivity index (χ0v) is 25.3. The summed E-state index contributed by atoms with van der Waals surface area (Å²) in [5, 5.41) is 3.51. The summed E-state index contributed by atoms with van der Waals surface area (Å²) in [4.78, 5) is 34.2. The maximum atomic E-state index is 13.3. The van der Waals surface area contributed by atoms with Crippen molar-refractivity contribution in [2.24, 2.45) is 0 Å². The standard InChI is InChI=1S/C30H34BrN3O5S/c1-18(19-8-5-4-6-9-19)28(35)33-30-32-27-22(10-7-11-26(27)40-30)29(36)39-21-12-13-34(17-21)16-20-14-24(37-2)25(38-3)15-23(20)31/h4-6,8-9,14-15,18,21-22H,7,10-13,16-17H2,1-3H3,(H,32,33,35). The van der Waals surface area contributed by atoms with Gasteiger partial charge in [-0.15, -0.1) is 11.3 Å². The van der Waals surface area contributed by atoms with Crippen molar-refractivity contribution in [2.45, 2.75) is 57.1 Å². The average Bonchev–Trinajstić information content (AvgIpc) is 3.59. The molecule has 1 aromatic heterocycles. The lowest BCUT2D eigenvalue weighted by Crippen LogP contribution is -2.28. The number of amides is 1. The van der Waals surface area contributed by atoms with Gasteiger partial charge in [0.2, 0.25) is 5.91 Å². The first kappa shape index (κ1) is 28.6. The zero-order valence-electron chi connectivity index (χ0n) is 22.9. The molecule has 1 aliphatic carbocycles. The van der Waals surface area contributed by atoms with E-state index in [1.54, 1.807) is 14.2 Å². The number of rotatable bonds is 9. The Balaban J connectivity index is 1.19. The fourth-order valence-electron chi connectivity index (χ4n) is 5.35. The molecular weight excluding hydrogens is 594 g/mol. The normalized spacial score (nSPS) is 19.5. The number of aromatic nitrogens is 1. The van der Waals surface area contributed by atoms with Crippen LogP contribution in [0.25, 0.3) is 0 Å². The Hall–Kier alpha value is -2.95. The van der Waals surface area contributed by atoms with Gasteiger partial charge in [-0.3, -0.25) is 14.5 Å². The van der Waals surface area contributed by atoms with Crippen molar-refractivity contribution < 1.29 is 23.8 Å². The minimum atomic E-state index is -0.397. The Morgan fingerprint density at radius 3 is 2.65 bits per heavy atom. The lowest BCUT2D eigenvalue weighted by molar-refractivity contribution is -0.150. The molecule has 2 aliphatic rings. The van der Waals surface area contributed by atoms with Gasteiger partial charge in [0.15, 0.2) is 16.6 Å². The molecule has 0 radical (unpaired) electrons. The van der Waals surface area contributed by atoms with Crippen molar-refractivity contribution in [3.63, 3.8) is 0 Å². The molecule has 2 heterocycles. The summed E-state index contributed by atoms with van der Waals surface area (Å²) in [5.41, 5.74) is 2.79. The predicted octanol–water partition coefficient (Wildman–Crippen LogP) is 5.90. The summed E-state index contributed by atoms with van der Waals surface area (Å²) in [6, 6.07) is 13.6. The van der Waals surface area contributed by atoms with E-state index in [0.29, 0.717) is 36.1 Å². The molecule has 0 saturated carbocycles. The number of thiazole rings is 1. The van der Waals surface area contributed by atoms with Crippen molar-refractivity contribution in [3.8, 4) is 11.5 Å². The molecule has 1 amide bonds. The van der Waals surface area contributed by atoms with Crippen molar-refractivity contribution in [2.75, 3.05) is 32.6 Å². The van der Waals surface area contributed by atoms with E-state index in [9.17, 15) is 9.59 Å². The second-order valence-corrected chi connectivity index (χ2v) is 12.2. The highest BCUT2D eigenvalue weighted by atomic mass is 79.9. The average molecular weight is 629 g/mol. The van der Waals surface area contributed by atoms with Crippen LogP contribution in [0.5, 0.6) is 11.5 Å². The molecular formula is C30H34BrN3O5S. The lowest BCUT2D eigenvalue weighted by Gasteiger charge is -2.22. The molecule has 3 unspecified atom stereocenters. The number of ether oxygens (including phenoxy) is 3. The van der Waals surface area contributed by atoms with Crippen molar-refractivity contribution in [3.05, 3.63) is 68.6 Å². The third-order valence-corrected chi connectivity index (χ3v) is 9.40. The number of methoxy groups -OCH3 is 2. The van der Waals surface area contributed by atoms with Gasteiger partial charge in [-0.05, 0) is 55.9 Å². The maximum Gasteiger partial charge on any atom is 0.315 e. The summed E-state index contributed by atoms with van der Waals surface area (Å²) in [7, 11) is 3.25. The van der Waals surface area contributed by atoms with Crippen LogP contribution < -0.4 is 14.8 Å². The fraction of sp³-hybridized carbons (Fsp3) is 0.433. The first-order valence-electron chi connectivity index (χ1n) is 13.5. The molecule has 0 bridgehead atoms. The van der Waals surface area contributed by atoms with Gasteiger partial charge >= 0.3 is 5.97 Å². The molecule has 3 aromatic rings. The first-order chi connectivity index (χ1) is 19.4. The van der Waals surface area contributed by atoms with Gasteiger partial charge in [-0.1, -0.05) is 46.3 Å². The van der Waals surface area contributed by atoms with Crippen molar-refractivity contribution >= 4 is 44.3 Å². The van der Waals surface area contributed by atoms with Crippen LogP contribution in [-0.4, -0.2) is 55.2 Å². The van der Waals surface area contributed by atoms with Crippen molar-refractivity contribution in [1.29, 1.82) is 0 Å². The quantitative estimate of drug-likeness (QED) is 0.295. The number of carbonyl (C=O) groups is 2. The molecule has 10 heteroatoms. The maximum absolute atomic E-state index is 13.3. The van der Waals surface area contributed by atoms with Crippen LogP contribution in [0.3, 0.4) is 0 Å². The van der Waals surface area contributed by atoms with Gasteiger partial charge in [0, 0.05) is 29.0 Å². The summed E-state index contributed by atoms with van der Waals surface area (Å²) < 4.78 is 17.8. The van der Waals surface area contributed by atoms with E-state index < -0.39 is 5.92 Å². The number of halogens is 1. The van der Waals surface area contributed by atoms with E-state index in [1.807, 2.05) is 49.4 Å². The van der Waals surface area contributed by atoms with E-state index in [4.69, 9.17) is 19.2 Å². The number of carbonyl (C=O) groups excluding carboxylic acids is 2. The summed E-state index contributed by atoms with van der Waals surface area (Å²) in [6.45, 7) is 4.09. The Bertz CT molecular complexity index is 1360. The number of anilines is 1. The highest BCUT2D eigenvalue weighted by Gasteiger charge is 2.35. The lowest BCUT2D eigenvalue weighted by atomic mass is 9.91. The second-order valence-electron chi connectivity index (χ2n) is 10.3. The molecule has 1 fully saturated rings. The number of hydrogen-bond donors (Lipinski definition) is 1. The highest BCUT2D eigenvalue weighted by Crippen LogP contribution is 2.38. The number of benzene rings is 2. The van der Waals surface area contributed by atoms with Gasteiger partial charge in [0.25, 0.3) is 0 Å². The van der Waals surface area contributed by atoms with Crippen LogP contribution >= 0.6 is 27.3 Å². The van der Waals surface area contributed by atoms with Crippen molar-refractivity contribution in [1.82, 2.24) is 9.88 Å². The third kappa shape index (κ3) is 6.34. The number of hydrogen-bond acceptors (Lipinski definition) is 8. The molecule has 1 N–H and O–H groups in total. The molecule has 1 aliphatic heterocycles. The Morgan fingerprint density at radius 2 is 1.90 bits per heavy atom. The van der Waals surface area contributed by atoms with E-state index >= 15 is 0 Å². The van der Waals surface area contributed by atoms with Crippen LogP contribution in [0.2, 0.25) is 0 Å². The largest absolute Gasteiger partial charge is 0.493 e. The van der Waals surface area contributed by atoms with Gasteiger partial charge in [0.1, 0.15) is 12.0 Å². The molecule has 1 saturated heterocycles. The zero-order chi connectivity index (χ0) is 28.2. The van der Waals surface area contributed by atoms with E-state index in [0.717, 1.165) is 52.0 Å². The molecule has 212 valence electrons. The number of nitrogens with zero attached hydrogens (tertiary/aromatic N) is 2. The van der Waals surface area contributed by atoms with Gasteiger partial charge in [-0.2, -0.15) is 0 Å². The fourth-order valence-corrected chi connectivity index (χ4v) is 6.87. The van der Waals surface area contributed by atoms with E-state index in [1.165, 1.54) is 11.3 Å². The summed E-state index contributed by atoms with van der Waals surface area (Å²) in [5.74, 6) is 0.335. The Morgan fingerprint density at radius 1 is 1.15 bits per heavy atom. The van der Waals surface area contributed by atoms with Crippen LogP contribution in [0.15, 0.2) is 46.9 Å².